The van der Waals surface area contributed by atoms with Gasteiger partial charge in [-0.25, -0.2) is 0 Å². The van der Waals surface area contributed by atoms with Gasteiger partial charge < -0.3 is 0 Å². The fourth-order valence-electron chi connectivity index (χ4n) is 1.03. The molecule has 0 bridgehead atoms. The Hall–Kier alpha value is -1.08. The van der Waals surface area contributed by atoms with E-state index >= 15 is 0 Å². The van der Waals surface area contributed by atoms with Gasteiger partial charge in [-0.05, 0) is 6.42 Å². The second kappa shape index (κ2) is 5.55. The summed E-state index contributed by atoms with van der Waals surface area (Å²) in [7, 11) is -0.160. The molecule has 0 unspecified atom stereocenters. The Labute approximate surface area is 76.5 Å². The third-order valence-corrected chi connectivity index (χ3v) is 3.18. The van der Waals surface area contributed by atoms with Crippen LogP contribution in [0.2, 0.25) is 0 Å². The number of allylic oxidation sites excluding steroid dienone is 2. The maximum atomic E-state index is 3.67. The van der Waals surface area contributed by atoms with Crippen LogP contribution in [0, 0.1) is 0 Å². The van der Waals surface area contributed by atoms with Crippen molar-refractivity contribution in [2.45, 2.75) is 6.42 Å². The summed E-state index contributed by atoms with van der Waals surface area (Å²) in [5.74, 6) is 0. The van der Waals surface area contributed by atoms with Gasteiger partial charge in [-0.3, -0.25) is 0 Å². The molecule has 62 valence electrons. The topological polar surface area (TPSA) is 0 Å². The smallest absolute Gasteiger partial charge is 0.0779 e. The zero-order valence-electron chi connectivity index (χ0n) is 7.24. The van der Waals surface area contributed by atoms with Crippen LogP contribution in [-0.4, -0.2) is 9.52 Å². The molecule has 0 aliphatic heterocycles. The van der Waals surface area contributed by atoms with Crippen LogP contribution in [0.25, 0.3) is 0 Å². The molecule has 1 aromatic rings. The van der Waals surface area contributed by atoms with Crippen LogP contribution in [0.4, 0.5) is 0 Å². The number of hydrogen-bond donors (Lipinski definition) is 0. The van der Waals surface area contributed by atoms with Gasteiger partial charge in [0.1, 0.15) is 0 Å². The third-order valence-electron chi connectivity index (χ3n) is 1.67. The first kappa shape index (κ1) is 9.01. The SMILES string of the molecule is C=CCC=C[SiH2]c1ccccc1. The Morgan fingerprint density at radius 3 is 2.67 bits per heavy atom. The summed E-state index contributed by atoms with van der Waals surface area (Å²) in [6, 6.07) is 10.7. The van der Waals surface area contributed by atoms with E-state index in [0.29, 0.717) is 0 Å². The molecule has 0 spiro atoms. The quantitative estimate of drug-likeness (QED) is 0.480. The lowest BCUT2D eigenvalue weighted by atomic mass is 10.4. The van der Waals surface area contributed by atoms with E-state index in [9.17, 15) is 0 Å². The maximum absolute atomic E-state index is 3.67. The lowest BCUT2D eigenvalue weighted by Gasteiger charge is -1.92. The lowest BCUT2D eigenvalue weighted by molar-refractivity contribution is 1.42. The van der Waals surface area contributed by atoms with Crippen LogP contribution >= 0.6 is 0 Å². The first-order chi connectivity index (χ1) is 5.93. The molecule has 1 aromatic carbocycles. The van der Waals surface area contributed by atoms with E-state index in [1.807, 2.05) is 6.08 Å². The van der Waals surface area contributed by atoms with Crippen LogP contribution in [-0.2, 0) is 0 Å². The number of rotatable bonds is 4. The van der Waals surface area contributed by atoms with E-state index in [1.165, 1.54) is 5.19 Å². The van der Waals surface area contributed by atoms with Gasteiger partial charge in [-0.2, -0.15) is 0 Å². The highest BCUT2D eigenvalue weighted by atomic mass is 28.2. The molecular formula is C11H14Si. The van der Waals surface area contributed by atoms with Crippen molar-refractivity contribution in [3.63, 3.8) is 0 Å². The fraction of sp³-hybridized carbons (Fsp3) is 0.0909. The molecule has 0 radical (unpaired) electrons. The first-order valence-corrected chi connectivity index (χ1v) is 5.75. The molecular weight excluding hydrogens is 160 g/mol. The second-order valence-electron chi connectivity index (χ2n) is 2.69. The van der Waals surface area contributed by atoms with Crippen molar-refractivity contribution < 1.29 is 0 Å². The molecule has 0 heterocycles. The molecule has 0 N–H and O–H groups in total. The van der Waals surface area contributed by atoms with Crippen molar-refractivity contribution >= 4 is 14.7 Å². The van der Waals surface area contributed by atoms with E-state index in [4.69, 9.17) is 0 Å². The Morgan fingerprint density at radius 2 is 2.00 bits per heavy atom. The third kappa shape index (κ3) is 3.35. The predicted octanol–water partition coefficient (Wildman–Crippen LogP) is 1.57. The maximum Gasteiger partial charge on any atom is 0.0779 e. The molecule has 1 heteroatoms. The van der Waals surface area contributed by atoms with Crippen molar-refractivity contribution in [3.8, 4) is 0 Å². The van der Waals surface area contributed by atoms with Crippen molar-refractivity contribution in [2.75, 3.05) is 0 Å². The molecule has 0 amide bonds. The monoisotopic (exact) mass is 174 g/mol. The van der Waals surface area contributed by atoms with E-state index in [-0.39, 0.29) is 9.52 Å². The summed E-state index contributed by atoms with van der Waals surface area (Å²) in [6.07, 6.45) is 5.13. The average Bonchev–Trinajstić information content (AvgIpc) is 2.14. The van der Waals surface area contributed by atoms with Crippen molar-refractivity contribution in [3.05, 3.63) is 54.8 Å². The van der Waals surface area contributed by atoms with Crippen molar-refractivity contribution in [1.82, 2.24) is 0 Å². The van der Waals surface area contributed by atoms with Crippen LogP contribution in [0.3, 0.4) is 0 Å². The van der Waals surface area contributed by atoms with Gasteiger partial charge in [0.25, 0.3) is 0 Å². The minimum atomic E-state index is -0.160. The highest BCUT2D eigenvalue weighted by Gasteiger charge is 1.85. The van der Waals surface area contributed by atoms with Gasteiger partial charge in [0.15, 0.2) is 0 Å². The summed E-state index contributed by atoms with van der Waals surface area (Å²) in [5.41, 5.74) is 2.32. The number of hydrogen-bond acceptors (Lipinski definition) is 0. The summed E-state index contributed by atoms with van der Waals surface area (Å²) in [4.78, 5) is 0. The molecule has 0 aromatic heterocycles. The minimum absolute atomic E-state index is 0.160. The fourth-order valence-corrected chi connectivity index (χ4v) is 2.20. The van der Waals surface area contributed by atoms with Gasteiger partial charge in [-0.1, -0.05) is 53.4 Å². The Morgan fingerprint density at radius 1 is 1.25 bits per heavy atom. The molecule has 0 fully saturated rings. The minimum Gasteiger partial charge on any atom is -0.103 e. The van der Waals surface area contributed by atoms with Crippen LogP contribution in [0.1, 0.15) is 6.42 Å². The van der Waals surface area contributed by atoms with Crippen LogP contribution in [0.15, 0.2) is 54.8 Å². The molecule has 12 heavy (non-hydrogen) atoms. The van der Waals surface area contributed by atoms with Crippen LogP contribution in [0.5, 0.6) is 0 Å². The molecule has 0 saturated heterocycles. The van der Waals surface area contributed by atoms with E-state index < -0.39 is 0 Å². The molecule has 0 aliphatic rings. The van der Waals surface area contributed by atoms with Gasteiger partial charge in [-0.15, -0.1) is 6.58 Å². The standard InChI is InChI=1S/C11H14Si/c1-2-3-7-10-12-11-8-5-4-6-9-11/h2,4-10H,1,3,12H2. The zero-order valence-corrected chi connectivity index (χ0v) is 8.65. The summed E-state index contributed by atoms with van der Waals surface area (Å²) < 4.78 is 0. The Kier molecular flexibility index (Phi) is 4.17. The average molecular weight is 174 g/mol. The predicted molar refractivity (Wildman–Crippen MR) is 58.6 cm³/mol. The normalized spacial score (nSPS) is 11.3. The molecule has 0 aliphatic carbocycles. The summed E-state index contributed by atoms with van der Waals surface area (Å²) >= 11 is 0. The largest absolute Gasteiger partial charge is 0.103 e. The van der Waals surface area contributed by atoms with E-state index in [1.54, 1.807) is 0 Å². The van der Waals surface area contributed by atoms with Crippen LogP contribution < -0.4 is 5.19 Å². The van der Waals surface area contributed by atoms with Crippen molar-refractivity contribution in [1.29, 1.82) is 0 Å². The van der Waals surface area contributed by atoms with Gasteiger partial charge in [0.2, 0.25) is 0 Å². The molecule has 0 saturated carbocycles. The molecule has 0 nitrogen and oxygen atoms in total. The molecule has 0 atom stereocenters. The van der Waals surface area contributed by atoms with E-state index in [2.05, 4.69) is 48.7 Å². The Balaban J connectivity index is 2.38. The highest BCUT2D eigenvalue weighted by Crippen LogP contribution is 1.84. The zero-order chi connectivity index (χ0) is 8.65. The van der Waals surface area contributed by atoms with Gasteiger partial charge >= 0.3 is 0 Å². The first-order valence-electron chi connectivity index (χ1n) is 4.23. The lowest BCUT2D eigenvalue weighted by Crippen LogP contribution is -2.09. The van der Waals surface area contributed by atoms with Gasteiger partial charge in [0.05, 0.1) is 9.52 Å². The number of benzene rings is 1. The van der Waals surface area contributed by atoms with Crippen molar-refractivity contribution in [2.24, 2.45) is 0 Å². The Bertz CT molecular complexity index is 249. The summed E-state index contributed by atoms with van der Waals surface area (Å²) in [5, 5.41) is 1.50. The summed E-state index contributed by atoms with van der Waals surface area (Å²) in [6.45, 7) is 3.67. The second-order valence-corrected chi connectivity index (χ2v) is 4.38. The van der Waals surface area contributed by atoms with E-state index in [0.717, 1.165) is 6.42 Å². The molecule has 1 rings (SSSR count). The highest BCUT2D eigenvalue weighted by molar-refractivity contribution is 6.58. The van der Waals surface area contributed by atoms with Gasteiger partial charge in [0, 0.05) is 0 Å².